The molecule has 172 valence electrons. The monoisotopic (exact) mass is 443 g/mol. The lowest BCUT2D eigenvalue weighted by atomic mass is 10.0. The molecule has 0 radical (unpaired) electrons. The highest BCUT2D eigenvalue weighted by molar-refractivity contribution is 6.06. The number of nitrogens with zero attached hydrogens (tertiary/aromatic N) is 1. The van der Waals surface area contributed by atoms with Gasteiger partial charge in [0.05, 0.1) is 0 Å². The predicted molar refractivity (Wildman–Crippen MR) is 109 cm³/mol. The Morgan fingerprint density at radius 3 is 2.42 bits per heavy atom. The molecule has 0 fully saturated rings. The normalized spacial score (nSPS) is 17.0. The Kier molecular flexibility index (Phi) is 7.23. The van der Waals surface area contributed by atoms with Gasteiger partial charge < -0.3 is 15.4 Å². The van der Waals surface area contributed by atoms with Crippen molar-refractivity contribution in [3.8, 4) is 0 Å². The zero-order chi connectivity index (χ0) is 23.6. The van der Waals surface area contributed by atoms with Crippen LogP contribution in [0.1, 0.15) is 45.2 Å². The molecule has 0 spiro atoms. The lowest BCUT2D eigenvalue weighted by Crippen LogP contribution is -2.55. The second-order valence-electron chi connectivity index (χ2n) is 8.44. The van der Waals surface area contributed by atoms with Crippen molar-refractivity contribution >= 4 is 23.6 Å². The molecule has 10 heteroatoms. The molecule has 3 amide bonds. The van der Waals surface area contributed by atoms with Crippen molar-refractivity contribution in [3.05, 3.63) is 29.3 Å². The molecule has 0 aromatic heterocycles. The van der Waals surface area contributed by atoms with Gasteiger partial charge in [0, 0.05) is 12.1 Å². The summed E-state index contributed by atoms with van der Waals surface area (Å²) in [5.41, 5.74) is 1.19. The van der Waals surface area contributed by atoms with E-state index in [0.29, 0.717) is 11.3 Å². The van der Waals surface area contributed by atoms with E-state index in [1.807, 2.05) is 5.32 Å². The third kappa shape index (κ3) is 6.35. The standard InChI is InChI=1S/C21H28F3N3O4/c1-6-14(26-19(30)31-20(3,4)5)18(29)27-15-9-7-8-12(2)13(15)10-16(27)17(28)25-11-21(22,23)24/h7-9,14,16H,6,10-11H2,1-5H3,(H,25,28)(H,26,30)/t14-,16?/m0/s1. The number of benzene rings is 1. The minimum absolute atomic E-state index is 0.0836. The maximum atomic E-state index is 13.3. The molecule has 1 aliphatic heterocycles. The van der Waals surface area contributed by atoms with E-state index in [2.05, 4.69) is 5.32 Å². The fourth-order valence-electron chi connectivity index (χ4n) is 3.37. The highest BCUT2D eigenvalue weighted by atomic mass is 19.4. The van der Waals surface area contributed by atoms with Crippen molar-refractivity contribution in [2.24, 2.45) is 0 Å². The second kappa shape index (κ2) is 9.15. The molecule has 31 heavy (non-hydrogen) atoms. The first-order valence-corrected chi connectivity index (χ1v) is 9.99. The number of nitrogens with one attached hydrogen (secondary N) is 2. The van der Waals surface area contributed by atoms with Gasteiger partial charge in [0.25, 0.3) is 0 Å². The summed E-state index contributed by atoms with van der Waals surface area (Å²) in [5.74, 6) is -1.50. The van der Waals surface area contributed by atoms with E-state index in [0.717, 1.165) is 5.56 Å². The van der Waals surface area contributed by atoms with Gasteiger partial charge in [-0.25, -0.2) is 4.79 Å². The molecule has 2 rings (SSSR count). The topological polar surface area (TPSA) is 87.7 Å². The maximum Gasteiger partial charge on any atom is 0.408 e. The molecule has 0 saturated carbocycles. The first-order valence-electron chi connectivity index (χ1n) is 9.99. The van der Waals surface area contributed by atoms with E-state index in [1.165, 1.54) is 4.90 Å². The number of alkyl halides is 3. The van der Waals surface area contributed by atoms with Crippen molar-refractivity contribution in [2.45, 2.75) is 71.3 Å². The number of halogens is 3. The SMILES string of the molecule is CC[C@H](NC(=O)OC(C)(C)C)C(=O)N1c2cccc(C)c2CC1C(=O)NCC(F)(F)F. The van der Waals surface area contributed by atoms with Crippen LogP contribution in [0.15, 0.2) is 18.2 Å². The number of alkyl carbamates (subject to hydrolysis) is 1. The predicted octanol–water partition coefficient (Wildman–Crippen LogP) is 3.23. The van der Waals surface area contributed by atoms with Gasteiger partial charge in [-0.1, -0.05) is 19.1 Å². The van der Waals surface area contributed by atoms with Crippen molar-refractivity contribution in [1.29, 1.82) is 0 Å². The number of fused-ring (bicyclic) bond motifs is 1. The van der Waals surface area contributed by atoms with E-state index in [1.54, 1.807) is 52.8 Å². The number of amides is 3. The van der Waals surface area contributed by atoms with E-state index >= 15 is 0 Å². The zero-order valence-electron chi connectivity index (χ0n) is 18.2. The average Bonchev–Trinajstić information content (AvgIpc) is 3.02. The van der Waals surface area contributed by atoms with Crippen LogP contribution in [0.4, 0.5) is 23.7 Å². The molecule has 0 bridgehead atoms. The van der Waals surface area contributed by atoms with Gasteiger partial charge in [-0.05, 0) is 51.3 Å². The summed E-state index contributed by atoms with van der Waals surface area (Å²) in [6, 6.07) is 2.97. The first kappa shape index (κ1) is 24.5. The number of anilines is 1. The number of carbonyl (C=O) groups is 3. The molecule has 0 saturated heterocycles. The van der Waals surface area contributed by atoms with Crippen LogP contribution in [0.3, 0.4) is 0 Å². The maximum absolute atomic E-state index is 13.3. The summed E-state index contributed by atoms with van der Waals surface area (Å²) in [5, 5.41) is 4.36. The summed E-state index contributed by atoms with van der Waals surface area (Å²) in [6.45, 7) is 7.01. The average molecular weight is 443 g/mol. The molecule has 2 N–H and O–H groups in total. The fourth-order valence-corrected chi connectivity index (χ4v) is 3.37. The Morgan fingerprint density at radius 1 is 1.23 bits per heavy atom. The van der Waals surface area contributed by atoms with E-state index < -0.39 is 48.3 Å². The fraction of sp³-hybridized carbons (Fsp3) is 0.571. The summed E-state index contributed by atoms with van der Waals surface area (Å²) in [7, 11) is 0. The first-order chi connectivity index (χ1) is 14.2. The summed E-state index contributed by atoms with van der Waals surface area (Å²) in [6.07, 6.45) is -5.09. The van der Waals surface area contributed by atoms with Gasteiger partial charge in [0.15, 0.2) is 0 Å². The van der Waals surface area contributed by atoms with Crippen LogP contribution in [-0.2, 0) is 20.7 Å². The Balaban J connectivity index is 2.31. The molecule has 1 aliphatic rings. The molecular formula is C21H28F3N3O4. The van der Waals surface area contributed by atoms with Crippen LogP contribution in [-0.4, -0.2) is 48.3 Å². The third-order valence-corrected chi connectivity index (χ3v) is 4.75. The van der Waals surface area contributed by atoms with Gasteiger partial charge in [0.2, 0.25) is 11.8 Å². The Labute approximate surface area is 179 Å². The van der Waals surface area contributed by atoms with Crippen molar-refractivity contribution < 1.29 is 32.3 Å². The largest absolute Gasteiger partial charge is 0.444 e. The number of rotatable bonds is 5. The Bertz CT molecular complexity index is 849. The van der Waals surface area contributed by atoms with Crippen LogP contribution in [0.2, 0.25) is 0 Å². The summed E-state index contributed by atoms with van der Waals surface area (Å²) in [4.78, 5) is 39.3. The van der Waals surface area contributed by atoms with Gasteiger partial charge in [0.1, 0.15) is 24.2 Å². The summed E-state index contributed by atoms with van der Waals surface area (Å²) >= 11 is 0. The van der Waals surface area contributed by atoms with E-state index in [9.17, 15) is 27.6 Å². The third-order valence-electron chi connectivity index (χ3n) is 4.75. The van der Waals surface area contributed by atoms with Crippen LogP contribution >= 0.6 is 0 Å². The molecular weight excluding hydrogens is 415 g/mol. The van der Waals surface area contributed by atoms with Crippen molar-refractivity contribution in [1.82, 2.24) is 10.6 Å². The smallest absolute Gasteiger partial charge is 0.408 e. The van der Waals surface area contributed by atoms with Gasteiger partial charge >= 0.3 is 12.3 Å². The summed E-state index contributed by atoms with van der Waals surface area (Å²) < 4.78 is 43.0. The number of hydrogen-bond acceptors (Lipinski definition) is 4. The molecule has 7 nitrogen and oxygen atoms in total. The highest BCUT2D eigenvalue weighted by Gasteiger charge is 2.42. The highest BCUT2D eigenvalue weighted by Crippen LogP contribution is 2.35. The van der Waals surface area contributed by atoms with Gasteiger partial charge in [-0.2, -0.15) is 13.2 Å². The van der Waals surface area contributed by atoms with Crippen LogP contribution < -0.4 is 15.5 Å². The number of ether oxygens (including phenoxy) is 1. The molecule has 2 atom stereocenters. The van der Waals surface area contributed by atoms with Crippen LogP contribution in [0, 0.1) is 6.92 Å². The Hall–Kier alpha value is -2.78. The lowest BCUT2D eigenvalue weighted by molar-refractivity contribution is -0.139. The number of aryl methyl sites for hydroxylation is 1. The van der Waals surface area contributed by atoms with Crippen molar-refractivity contribution in [3.63, 3.8) is 0 Å². The Morgan fingerprint density at radius 2 is 1.87 bits per heavy atom. The van der Waals surface area contributed by atoms with E-state index in [-0.39, 0.29) is 12.8 Å². The minimum Gasteiger partial charge on any atom is -0.444 e. The quantitative estimate of drug-likeness (QED) is 0.732. The van der Waals surface area contributed by atoms with Crippen LogP contribution in [0.25, 0.3) is 0 Å². The van der Waals surface area contributed by atoms with Crippen molar-refractivity contribution in [2.75, 3.05) is 11.4 Å². The van der Waals surface area contributed by atoms with Gasteiger partial charge in [-0.3, -0.25) is 14.5 Å². The number of carbonyl (C=O) groups excluding carboxylic acids is 3. The van der Waals surface area contributed by atoms with Gasteiger partial charge in [-0.15, -0.1) is 0 Å². The zero-order valence-corrected chi connectivity index (χ0v) is 18.2. The van der Waals surface area contributed by atoms with E-state index in [4.69, 9.17) is 4.74 Å². The molecule has 1 unspecified atom stereocenters. The van der Waals surface area contributed by atoms with Crippen LogP contribution in [0.5, 0.6) is 0 Å². The minimum atomic E-state index is -4.57. The lowest BCUT2D eigenvalue weighted by Gasteiger charge is -2.29. The second-order valence-corrected chi connectivity index (χ2v) is 8.44. The molecule has 1 aromatic rings. The number of hydrogen-bond donors (Lipinski definition) is 2. The molecule has 1 heterocycles. The molecule has 0 aliphatic carbocycles. The molecule has 1 aromatic carbocycles.